The SMILES string of the molecule is O=C(N[C@H]1CCCc2c1cnn2Cc1ccccc1)c1cc(-c2cccs2)on1. The van der Waals surface area contributed by atoms with Gasteiger partial charge in [-0.1, -0.05) is 41.6 Å². The first-order valence-electron chi connectivity index (χ1n) is 9.68. The molecule has 3 heterocycles. The molecule has 1 amide bonds. The van der Waals surface area contributed by atoms with Crippen LogP contribution in [0.3, 0.4) is 0 Å². The van der Waals surface area contributed by atoms with Gasteiger partial charge < -0.3 is 9.84 Å². The van der Waals surface area contributed by atoms with E-state index < -0.39 is 0 Å². The van der Waals surface area contributed by atoms with Crippen LogP contribution in [0.15, 0.2) is 64.6 Å². The molecule has 7 heteroatoms. The summed E-state index contributed by atoms with van der Waals surface area (Å²) in [6, 6.07) is 15.8. The molecule has 1 N–H and O–H groups in total. The highest BCUT2D eigenvalue weighted by Crippen LogP contribution is 2.31. The Bertz CT molecular complexity index is 1120. The van der Waals surface area contributed by atoms with Crippen LogP contribution in [-0.4, -0.2) is 20.8 Å². The number of carbonyl (C=O) groups excluding carboxylic acids is 1. The van der Waals surface area contributed by atoms with Gasteiger partial charge in [-0.25, -0.2) is 0 Å². The number of amides is 1. The Balaban J connectivity index is 1.33. The van der Waals surface area contributed by atoms with E-state index in [2.05, 4.69) is 27.7 Å². The number of nitrogens with one attached hydrogen (secondary N) is 1. The number of thiophene rings is 1. The lowest BCUT2D eigenvalue weighted by molar-refractivity contribution is 0.0923. The molecule has 1 aliphatic carbocycles. The number of hydrogen-bond acceptors (Lipinski definition) is 5. The first kappa shape index (κ1) is 17.9. The van der Waals surface area contributed by atoms with E-state index >= 15 is 0 Å². The summed E-state index contributed by atoms with van der Waals surface area (Å²) >= 11 is 1.55. The molecule has 0 fully saturated rings. The number of hydrogen-bond donors (Lipinski definition) is 1. The van der Waals surface area contributed by atoms with Crippen LogP contribution in [0.5, 0.6) is 0 Å². The summed E-state index contributed by atoms with van der Waals surface area (Å²) in [5, 5.41) is 13.6. The van der Waals surface area contributed by atoms with Gasteiger partial charge in [0.2, 0.25) is 0 Å². The second kappa shape index (κ2) is 7.67. The van der Waals surface area contributed by atoms with Crippen LogP contribution in [0.1, 0.15) is 46.2 Å². The molecule has 29 heavy (non-hydrogen) atoms. The van der Waals surface area contributed by atoms with Crippen molar-refractivity contribution in [2.45, 2.75) is 31.8 Å². The molecular weight excluding hydrogens is 384 g/mol. The van der Waals surface area contributed by atoms with Crippen molar-refractivity contribution < 1.29 is 9.32 Å². The second-order valence-electron chi connectivity index (χ2n) is 7.16. The third-order valence-corrected chi connectivity index (χ3v) is 6.13. The topological polar surface area (TPSA) is 73.0 Å². The van der Waals surface area contributed by atoms with E-state index in [0.29, 0.717) is 11.5 Å². The summed E-state index contributed by atoms with van der Waals surface area (Å²) in [4.78, 5) is 13.7. The van der Waals surface area contributed by atoms with Crippen LogP contribution < -0.4 is 5.32 Å². The summed E-state index contributed by atoms with van der Waals surface area (Å²) in [5.74, 6) is 0.398. The highest BCUT2D eigenvalue weighted by atomic mass is 32.1. The van der Waals surface area contributed by atoms with Crippen LogP contribution in [0.2, 0.25) is 0 Å². The van der Waals surface area contributed by atoms with Crippen LogP contribution in [-0.2, 0) is 13.0 Å². The smallest absolute Gasteiger partial charge is 0.273 e. The number of aromatic nitrogens is 3. The summed E-state index contributed by atoms with van der Waals surface area (Å²) < 4.78 is 7.39. The van der Waals surface area contributed by atoms with Gasteiger partial charge in [0, 0.05) is 17.3 Å². The standard InChI is InChI=1S/C22H20N4O2S/c27-22(18-12-20(28-25-18)21-10-5-11-29-21)24-17-8-4-9-19-16(17)13-23-26(19)14-15-6-2-1-3-7-15/h1-3,5-7,10-13,17H,4,8-9,14H2,(H,24,27)/t17-/m0/s1. The zero-order valence-electron chi connectivity index (χ0n) is 15.7. The molecule has 0 unspecified atom stereocenters. The van der Waals surface area contributed by atoms with Gasteiger partial charge in [0.1, 0.15) is 0 Å². The van der Waals surface area contributed by atoms with Gasteiger partial charge in [0.25, 0.3) is 5.91 Å². The van der Waals surface area contributed by atoms with E-state index in [9.17, 15) is 4.79 Å². The van der Waals surface area contributed by atoms with Crippen LogP contribution in [0.4, 0.5) is 0 Å². The molecule has 0 saturated carbocycles. The van der Waals surface area contributed by atoms with Crippen molar-refractivity contribution in [3.05, 3.63) is 82.6 Å². The quantitative estimate of drug-likeness (QED) is 0.533. The fourth-order valence-electron chi connectivity index (χ4n) is 3.81. The lowest BCUT2D eigenvalue weighted by Gasteiger charge is -2.24. The largest absolute Gasteiger partial charge is 0.355 e. The van der Waals surface area contributed by atoms with E-state index in [1.807, 2.05) is 46.6 Å². The maximum atomic E-state index is 12.7. The summed E-state index contributed by atoms with van der Waals surface area (Å²) in [6.07, 6.45) is 4.77. The Kier molecular flexibility index (Phi) is 4.73. The predicted molar refractivity (Wildman–Crippen MR) is 111 cm³/mol. The third-order valence-electron chi connectivity index (χ3n) is 5.25. The number of carbonyl (C=O) groups is 1. The lowest BCUT2D eigenvalue weighted by atomic mass is 9.92. The van der Waals surface area contributed by atoms with Crippen molar-refractivity contribution in [3.8, 4) is 10.6 Å². The van der Waals surface area contributed by atoms with Crippen molar-refractivity contribution in [3.63, 3.8) is 0 Å². The molecule has 0 bridgehead atoms. The van der Waals surface area contributed by atoms with Crippen LogP contribution in [0.25, 0.3) is 10.6 Å². The van der Waals surface area contributed by atoms with Gasteiger partial charge in [-0.2, -0.15) is 5.10 Å². The van der Waals surface area contributed by atoms with E-state index in [0.717, 1.165) is 36.2 Å². The Labute approximate surface area is 172 Å². The molecule has 1 aromatic carbocycles. The van der Waals surface area contributed by atoms with Crippen molar-refractivity contribution in [1.82, 2.24) is 20.3 Å². The summed E-state index contributed by atoms with van der Waals surface area (Å²) in [7, 11) is 0. The molecule has 0 saturated heterocycles. The monoisotopic (exact) mass is 404 g/mol. The molecule has 0 aliphatic heterocycles. The van der Waals surface area contributed by atoms with Gasteiger partial charge in [-0.15, -0.1) is 11.3 Å². The second-order valence-corrected chi connectivity index (χ2v) is 8.11. The van der Waals surface area contributed by atoms with Crippen LogP contribution in [0, 0.1) is 0 Å². The predicted octanol–water partition coefficient (Wildman–Crippen LogP) is 4.46. The van der Waals surface area contributed by atoms with Crippen molar-refractivity contribution in [2.24, 2.45) is 0 Å². The van der Waals surface area contributed by atoms with Crippen molar-refractivity contribution in [2.75, 3.05) is 0 Å². The van der Waals surface area contributed by atoms with Crippen molar-refractivity contribution in [1.29, 1.82) is 0 Å². The molecule has 6 nitrogen and oxygen atoms in total. The summed E-state index contributed by atoms with van der Waals surface area (Å²) in [6.45, 7) is 0.740. The molecule has 3 aromatic heterocycles. The number of rotatable bonds is 5. The van der Waals surface area contributed by atoms with Crippen molar-refractivity contribution >= 4 is 17.2 Å². The zero-order valence-corrected chi connectivity index (χ0v) is 16.6. The van der Waals surface area contributed by atoms with Gasteiger partial charge in [-0.3, -0.25) is 9.48 Å². The number of nitrogens with zero attached hydrogens (tertiary/aromatic N) is 3. The van der Waals surface area contributed by atoms with E-state index in [1.54, 1.807) is 17.4 Å². The minimum atomic E-state index is -0.217. The first-order valence-corrected chi connectivity index (χ1v) is 10.6. The minimum absolute atomic E-state index is 0.0577. The Morgan fingerprint density at radius 1 is 1.24 bits per heavy atom. The first-order chi connectivity index (χ1) is 14.3. The Hall–Kier alpha value is -3.19. The number of fused-ring (bicyclic) bond motifs is 1. The maximum absolute atomic E-state index is 12.7. The minimum Gasteiger partial charge on any atom is -0.355 e. The molecule has 5 rings (SSSR count). The van der Waals surface area contributed by atoms with Gasteiger partial charge in [-0.05, 0) is 36.3 Å². The van der Waals surface area contributed by atoms with Crippen LogP contribution >= 0.6 is 11.3 Å². The fraction of sp³-hybridized carbons (Fsp3) is 0.227. The van der Waals surface area contributed by atoms with Gasteiger partial charge >= 0.3 is 0 Å². The zero-order chi connectivity index (χ0) is 19.6. The Morgan fingerprint density at radius 2 is 2.14 bits per heavy atom. The highest BCUT2D eigenvalue weighted by molar-refractivity contribution is 7.13. The summed E-state index contributed by atoms with van der Waals surface area (Å²) in [5.41, 5.74) is 3.82. The Morgan fingerprint density at radius 3 is 2.97 bits per heavy atom. The van der Waals surface area contributed by atoms with Gasteiger partial charge in [0.05, 0.1) is 23.7 Å². The lowest BCUT2D eigenvalue weighted by Crippen LogP contribution is -2.31. The fourth-order valence-corrected chi connectivity index (χ4v) is 4.48. The van der Waals surface area contributed by atoms with E-state index in [4.69, 9.17) is 4.52 Å². The average molecular weight is 404 g/mol. The molecular formula is C22H20N4O2S. The molecule has 0 spiro atoms. The molecule has 4 aromatic rings. The third kappa shape index (κ3) is 3.61. The van der Waals surface area contributed by atoms with Gasteiger partial charge in [0.15, 0.2) is 11.5 Å². The number of benzene rings is 1. The molecule has 146 valence electrons. The molecule has 1 aliphatic rings. The van der Waals surface area contributed by atoms with E-state index in [-0.39, 0.29) is 11.9 Å². The molecule has 1 atom stereocenters. The average Bonchev–Trinajstić information content (AvgIpc) is 3.50. The highest BCUT2D eigenvalue weighted by Gasteiger charge is 2.27. The maximum Gasteiger partial charge on any atom is 0.273 e. The normalized spacial score (nSPS) is 15.8. The molecule has 0 radical (unpaired) electrons. The van der Waals surface area contributed by atoms with E-state index in [1.165, 1.54) is 11.3 Å².